The number of aliphatic hydroxyl groups is 1. The molecule has 1 N–H and O–H groups in total. The van der Waals surface area contributed by atoms with Gasteiger partial charge in [-0.2, -0.15) is 0 Å². The van der Waals surface area contributed by atoms with E-state index >= 15 is 0 Å². The first-order valence-corrected chi connectivity index (χ1v) is 6.37. The van der Waals surface area contributed by atoms with Crippen molar-refractivity contribution in [1.29, 1.82) is 0 Å². The standard InChI is InChI=1S/C11H14O.2C2H6/c1-11(2)7-8-5-3-4-6-9(8)10(11)12;2*1-2/h3-6,10,12H,7H2,1-2H3;2*1-2H3. The molecule has 16 heavy (non-hydrogen) atoms. The van der Waals surface area contributed by atoms with Gasteiger partial charge in [-0.15, -0.1) is 0 Å². The van der Waals surface area contributed by atoms with Gasteiger partial charge in [0.05, 0.1) is 6.10 Å². The number of aliphatic hydroxyl groups excluding tert-OH is 1. The van der Waals surface area contributed by atoms with Gasteiger partial charge >= 0.3 is 0 Å². The van der Waals surface area contributed by atoms with Gasteiger partial charge in [-0.05, 0) is 23.0 Å². The highest BCUT2D eigenvalue weighted by Gasteiger charge is 2.36. The van der Waals surface area contributed by atoms with Crippen LogP contribution in [-0.4, -0.2) is 5.11 Å². The molecule has 0 saturated heterocycles. The predicted molar refractivity (Wildman–Crippen MR) is 71.6 cm³/mol. The third-order valence-electron chi connectivity index (χ3n) is 2.74. The molecule has 0 saturated carbocycles. The number of fused-ring (bicyclic) bond motifs is 1. The molecule has 1 aromatic carbocycles. The van der Waals surface area contributed by atoms with Crippen LogP contribution in [0.1, 0.15) is 58.8 Å². The molecule has 1 aromatic rings. The van der Waals surface area contributed by atoms with Gasteiger partial charge in [0, 0.05) is 0 Å². The monoisotopic (exact) mass is 222 g/mol. The summed E-state index contributed by atoms with van der Waals surface area (Å²) in [4.78, 5) is 0. The van der Waals surface area contributed by atoms with E-state index in [2.05, 4.69) is 19.9 Å². The Morgan fingerprint density at radius 1 is 1.06 bits per heavy atom. The van der Waals surface area contributed by atoms with E-state index in [1.165, 1.54) is 5.56 Å². The lowest BCUT2D eigenvalue weighted by molar-refractivity contribution is 0.0666. The van der Waals surface area contributed by atoms with Crippen molar-refractivity contribution >= 4 is 0 Å². The maximum absolute atomic E-state index is 9.91. The fourth-order valence-corrected chi connectivity index (χ4v) is 1.97. The first-order valence-electron chi connectivity index (χ1n) is 6.37. The van der Waals surface area contributed by atoms with Crippen LogP contribution < -0.4 is 0 Å². The Kier molecular flexibility index (Phi) is 6.35. The van der Waals surface area contributed by atoms with E-state index in [0.717, 1.165) is 12.0 Å². The molecule has 92 valence electrons. The molecule has 1 unspecified atom stereocenters. The van der Waals surface area contributed by atoms with Crippen molar-refractivity contribution in [3.8, 4) is 0 Å². The summed E-state index contributed by atoms with van der Waals surface area (Å²) in [5.74, 6) is 0. The topological polar surface area (TPSA) is 20.2 Å². The van der Waals surface area contributed by atoms with Gasteiger partial charge < -0.3 is 5.11 Å². The van der Waals surface area contributed by atoms with Crippen molar-refractivity contribution in [3.05, 3.63) is 35.4 Å². The van der Waals surface area contributed by atoms with Crippen molar-refractivity contribution in [3.63, 3.8) is 0 Å². The summed E-state index contributed by atoms with van der Waals surface area (Å²) in [5.41, 5.74) is 2.43. The minimum Gasteiger partial charge on any atom is -0.388 e. The Balaban J connectivity index is 0.000000509. The van der Waals surface area contributed by atoms with Gasteiger partial charge in [0.15, 0.2) is 0 Å². The van der Waals surface area contributed by atoms with Crippen LogP contribution in [0.5, 0.6) is 0 Å². The van der Waals surface area contributed by atoms with Gasteiger partial charge in [-0.3, -0.25) is 0 Å². The smallest absolute Gasteiger partial charge is 0.0846 e. The third-order valence-corrected chi connectivity index (χ3v) is 2.74. The fraction of sp³-hybridized carbons (Fsp3) is 0.600. The molecule has 1 heteroatoms. The van der Waals surface area contributed by atoms with Crippen LogP contribution in [0.4, 0.5) is 0 Å². The van der Waals surface area contributed by atoms with Gasteiger partial charge in [0.25, 0.3) is 0 Å². The summed E-state index contributed by atoms with van der Waals surface area (Å²) in [7, 11) is 0. The average Bonchev–Trinajstić information content (AvgIpc) is 2.56. The van der Waals surface area contributed by atoms with Gasteiger partial charge in [-0.1, -0.05) is 65.8 Å². The molecule has 0 fully saturated rings. The minimum absolute atomic E-state index is 0.0175. The normalized spacial score (nSPS) is 19.8. The molecule has 0 aromatic heterocycles. The summed E-state index contributed by atoms with van der Waals surface area (Å²) in [6.45, 7) is 12.2. The summed E-state index contributed by atoms with van der Waals surface area (Å²) in [5, 5.41) is 9.91. The Morgan fingerprint density at radius 3 is 2.06 bits per heavy atom. The summed E-state index contributed by atoms with van der Waals surface area (Å²) >= 11 is 0. The molecule has 1 aliphatic carbocycles. The number of benzene rings is 1. The molecule has 0 bridgehead atoms. The van der Waals surface area contributed by atoms with Crippen LogP contribution >= 0.6 is 0 Å². The SMILES string of the molecule is CC.CC.CC1(C)Cc2ccccc2C1O. The van der Waals surface area contributed by atoms with Crippen molar-refractivity contribution < 1.29 is 5.11 Å². The molecule has 0 aliphatic heterocycles. The summed E-state index contributed by atoms with van der Waals surface area (Å²) < 4.78 is 0. The molecule has 1 atom stereocenters. The van der Waals surface area contributed by atoms with Crippen molar-refractivity contribution in [2.24, 2.45) is 5.41 Å². The molecule has 1 nitrogen and oxygen atoms in total. The Hall–Kier alpha value is -0.820. The van der Waals surface area contributed by atoms with E-state index in [4.69, 9.17) is 0 Å². The maximum atomic E-state index is 9.91. The number of rotatable bonds is 0. The summed E-state index contributed by atoms with van der Waals surface area (Å²) in [6.07, 6.45) is 0.707. The van der Waals surface area contributed by atoms with Gasteiger partial charge in [0.1, 0.15) is 0 Å². The molecule has 2 rings (SSSR count). The highest BCUT2D eigenvalue weighted by molar-refractivity contribution is 5.35. The molecule has 0 amide bonds. The van der Waals surface area contributed by atoms with Crippen molar-refractivity contribution in [2.45, 2.75) is 54.1 Å². The van der Waals surface area contributed by atoms with Crippen LogP contribution in [0.15, 0.2) is 24.3 Å². The number of hydrogen-bond acceptors (Lipinski definition) is 1. The highest BCUT2D eigenvalue weighted by Crippen LogP contribution is 2.44. The zero-order valence-corrected chi connectivity index (χ0v) is 11.5. The van der Waals surface area contributed by atoms with Gasteiger partial charge in [0.2, 0.25) is 0 Å². The van der Waals surface area contributed by atoms with Crippen LogP contribution in [0.25, 0.3) is 0 Å². The van der Waals surface area contributed by atoms with E-state index in [1.54, 1.807) is 0 Å². The Bertz CT molecular complexity index is 302. The van der Waals surface area contributed by atoms with E-state index in [9.17, 15) is 5.11 Å². The van der Waals surface area contributed by atoms with E-state index in [-0.39, 0.29) is 11.5 Å². The third kappa shape index (κ3) is 3.08. The quantitative estimate of drug-likeness (QED) is 0.691. The molecular formula is C15H26O. The molecule has 1 aliphatic rings. The van der Waals surface area contributed by atoms with Gasteiger partial charge in [-0.25, -0.2) is 0 Å². The van der Waals surface area contributed by atoms with Crippen LogP contribution in [0, 0.1) is 5.41 Å². The molecular weight excluding hydrogens is 196 g/mol. The second-order valence-electron chi connectivity index (χ2n) is 4.27. The second kappa shape index (κ2) is 6.70. The largest absolute Gasteiger partial charge is 0.388 e. The predicted octanol–water partition coefficient (Wildman–Crippen LogP) is 4.35. The zero-order valence-electron chi connectivity index (χ0n) is 11.5. The van der Waals surface area contributed by atoms with E-state index in [1.807, 2.05) is 45.9 Å². The molecule has 0 heterocycles. The zero-order chi connectivity index (χ0) is 12.8. The van der Waals surface area contributed by atoms with Crippen molar-refractivity contribution in [1.82, 2.24) is 0 Å². The minimum atomic E-state index is -0.284. The lowest BCUT2D eigenvalue weighted by Crippen LogP contribution is -2.16. The maximum Gasteiger partial charge on any atom is 0.0846 e. The summed E-state index contributed by atoms with van der Waals surface area (Å²) in [6, 6.07) is 8.15. The van der Waals surface area contributed by atoms with Crippen LogP contribution in [0.2, 0.25) is 0 Å². The lowest BCUT2D eigenvalue weighted by atomic mass is 9.88. The Morgan fingerprint density at radius 2 is 1.56 bits per heavy atom. The molecule has 0 radical (unpaired) electrons. The van der Waals surface area contributed by atoms with Crippen LogP contribution in [0.3, 0.4) is 0 Å². The Labute approximate surface area is 101 Å². The van der Waals surface area contributed by atoms with E-state index in [0.29, 0.717) is 0 Å². The first kappa shape index (κ1) is 15.2. The van der Waals surface area contributed by atoms with Crippen LogP contribution in [-0.2, 0) is 6.42 Å². The molecule has 0 spiro atoms. The fourth-order valence-electron chi connectivity index (χ4n) is 1.97. The second-order valence-corrected chi connectivity index (χ2v) is 4.27. The lowest BCUT2D eigenvalue weighted by Gasteiger charge is -2.22. The number of hydrogen-bond donors (Lipinski definition) is 1. The first-order chi connectivity index (χ1) is 7.61. The van der Waals surface area contributed by atoms with E-state index < -0.39 is 0 Å². The average molecular weight is 222 g/mol. The van der Waals surface area contributed by atoms with Crippen molar-refractivity contribution in [2.75, 3.05) is 0 Å². The highest BCUT2D eigenvalue weighted by atomic mass is 16.3.